The van der Waals surface area contributed by atoms with Crippen molar-refractivity contribution in [3.8, 4) is 11.5 Å². The van der Waals surface area contributed by atoms with Crippen LogP contribution in [0.5, 0.6) is 11.5 Å². The Bertz CT molecular complexity index is 824. The highest BCUT2D eigenvalue weighted by molar-refractivity contribution is 5.95. The fourth-order valence-corrected chi connectivity index (χ4v) is 3.18. The minimum atomic E-state index is -2.97. The summed E-state index contributed by atoms with van der Waals surface area (Å²) in [5.74, 6) is -0.503. The molecule has 2 aromatic rings. The molecule has 0 aromatic heterocycles. The monoisotopic (exact) mass is 394 g/mol. The Hall–Kier alpha value is -2.74. The molecule has 0 atom stereocenters. The van der Waals surface area contributed by atoms with Crippen LogP contribution in [0.15, 0.2) is 42.5 Å². The van der Waals surface area contributed by atoms with Gasteiger partial charge in [0.05, 0.1) is 7.11 Å². The topological polar surface area (TPSA) is 42.0 Å². The molecule has 3 rings (SSSR count). The summed E-state index contributed by atoms with van der Waals surface area (Å²) in [6.07, 6.45) is 0. The molecule has 0 bridgehead atoms. The number of hydrogen-bond acceptors (Lipinski definition) is 4. The van der Waals surface area contributed by atoms with E-state index in [0.29, 0.717) is 38.3 Å². The highest BCUT2D eigenvalue weighted by Crippen LogP contribution is 2.30. The Balaban J connectivity index is 1.60. The molecule has 1 aliphatic heterocycles. The van der Waals surface area contributed by atoms with E-state index in [1.54, 1.807) is 11.0 Å². The first kappa shape index (κ1) is 20.0. The van der Waals surface area contributed by atoms with Gasteiger partial charge in [0.2, 0.25) is 0 Å². The lowest BCUT2D eigenvalue weighted by atomic mass is 10.1. The van der Waals surface area contributed by atoms with Crippen LogP contribution in [0.3, 0.4) is 0 Å². The van der Waals surface area contributed by atoms with Gasteiger partial charge in [-0.1, -0.05) is 12.1 Å². The Morgan fingerprint density at radius 3 is 2.46 bits per heavy atom. The van der Waals surface area contributed by atoms with Crippen molar-refractivity contribution >= 4 is 5.91 Å². The van der Waals surface area contributed by atoms with Crippen molar-refractivity contribution in [2.24, 2.45) is 0 Å². The number of alkyl halides is 2. The molecule has 0 N–H and O–H groups in total. The zero-order chi connectivity index (χ0) is 20.1. The van der Waals surface area contributed by atoms with Crippen LogP contribution >= 0.6 is 0 Å². The van der Waals surface area contributed by atoms with Gasteiger partial charge in [-0.2, -0.15) is 8.78 Å². The van der Waals surface area contributed by atoms with E-state index in [9.17, 15) is 18.0 Å². The van der Waals surface area contributed by atoms with Gasteiger partial charge in [-0.15, -0.1) is 0 Å². The normalized spacial score (nSPS) is 15.0. The molecule has 150 valence electrons. The van der Waals surface area contributed by atoms with Gasteiger partial charge in [-0.05, 0) is 35.9 Å². The van der Waals surface area contributed by atoms with Crippen LogP contribution in [0.2, 0.25) is 0 Å². The van der Waals surface area contributed by atoms with E-state index in [0.717, 1.165) is 5.56 Å². The van der Waals surface area contributed by atoms with Crippen LogP contribution in [-0.2, 0) is 6.54 Å². The van der Waals surface area contributed by atoms with Gasteiger partial charge < -0.3 is 14.4 Å². The largest absolute Gasteiger partial charge is 0.493 e. The second-order valence-corrected chi connectivity index (χ2v) is 6.44. The highest BCUT2D eigenvalue weighted by atomic mass is 19.3. The fraction of sp³-hybridized carbons (Fsp3) is 0.350. The molecule has 0 saturated carbocycles. The molecular weight excluding hydrogens is 373 g/mol. The molecule has 0 aliphatic carbocycles. The third-order valence-electron chi connectivity index (χ3n) is 4.58. The van der Waals surface area contributed by atoms with Crippen molar-refractivity contribution < 1.29 is 27.4 Å². The molecule has 1 fully saturated rings. The van der Waals surface area contributed by atoms with Crippen LogP contribution in [0.1, 0.15) is 15.9 Å². The number of rotatable bonds is 6. The number of hydrogen-bond donors (Lipinski definition) is 0. The number of benzene rings is 2. The Kier molecular flexibility index (Phi) is 6.41. The molecule has 8 heteroatoms. The number of methoxy groups -OCH3 is 1. The molecule has 2 aromatic carbocycles. The van der Waals surface area contributed by atoms with E-state index in [1.807, 2.05) is 6.07 Å². The molecular formula is C20H21F3N2O3. The van der Waals surface area contributed by atoms with Gasteiger partial charge >= 0.3 is 6.61 Å². The molecule has 1 saturated heterocycles. The second kappa shape index (κ2) is 8.97. The standard InChI is InChI=1S/C20H21F3N2O3/c1-27-18-12-15(5-6-17(18)28-20(22)23)19(26)25-9-7-24(8-10-25)13-14-3-2-4-16(21)11-14/h2-6,11-12,20H,7-10,13H2,1H3. The number of piperazine rings is 1. The number of carbonyl (C=O) groups excluding carboxylic acids is 1. The number of carbonyl (C=O) groups is 1. The first-order valence-electron chi connectivity index (χ1n) is 8.85. The number of nitrogens with zero attached hydrogens (tertiary/aromatic N) is 2. The summed E-state index contributed by atoms with van der Waals surface area (Å²) in [5, 5.41) is 0. The van der Waals surface area contributed by atoms with Crippen LogP contribution in [-0.4, -0.2) is 55.6 Å². The van der Waals surface area contributed by atoms with Gasteiger partial charge in [-0.25, -0.2) is 4.39 Å². The van der Waals surface area contributed by atoms with E-state index < -0.39 is 6.61 Å². The lowest BCUT2D eigenvalue weighted by Gasteiger charge is -2.34. The van der Waals surface area contributed by atoms with Crippen molar-refractivity contribution in [2.75, 3.05) is 33.3 Å². The maximum absolute atomic E-state index is 13.3. The summed E-state index contributed by atoms with van der Waals surface area (Å²) in [6, 6.07) is 10.6. The molecule has 1 heterocycles. The summed E-state index contributed by atoms with van der Waals surface area (Å²) in [6.45, 7) is 0.00419. The van der Waals surface area contributed by atoms with Crippen LogP contribution in [0, 0.1) is 5.82 Å². The summed E-state index contributed by atoms with van der Waals surface area (Å²) in [4.78, 5) is 16.6. The van der Waals surface area contributed by atoms with Gasteiger partial charge in [0.1, 0.15) is 5.82 Å². The second-order valence-electron chi connectivity index (χ2n) is 6.44. The highest BCUT2D eigenvalue weighted by Gasteiger charge is 2.23. The first-order chi connectivity index (χ1) is 13.5. The minimum Gasteiger partial charge on any atom is -0.493 e. The van der Waals surface area contributed by atoms with E-state index >= 15 is 0 Å². The van der Waals surface area contributed by atoms with Crippen molar-refractivity contribution in [3.05, 3.63) is 59.4 Å². The van der Waals surface area contributed by atoms with Gasteiger partial charge in [0.25, 0.3) is 5.91 Å². The van der Waals surface area contributed by atoms with Gasteiger partial charge in [0, 0.05) is 38.3 Å². The zero-order valence-corrected chi connectivity index (χ0v) is 15.4. The average Bonchev–Trinajstić information content (AvgIpc) is 2.68. The van der Waals surface area contributed by atoms with E-state index in [1.165, 1.54) is 37.4 Å². The third kappa shape index (κ3) is 4.95. The molecule has 0 spiro atoms. The van der Waals surface area contributed by atoms with Crippen molar-refractivity contribution in [1.29, 1.82) is 0 Å². The Morgan fingerprint density at radius 1 is 1.07 bits per heavy atom. The van der Waals surface area contributed by atoms with Crippen molar-refractivity contribution in [3.63, 3.8) is 0 Å². The van der Waals surface area contributed by atoms with E-state index in [4.69, 9.17) is 4.74 Å². The van der Waals surface area contributed by atoms with Gasteiger partial charge in [-0.3, -0.25) is 9.69 Å². The predicted octanol–water partition coefficient (Wildman–Crippen LogP) is 3.39. The molecule has 1 amide bonds. The summed E-state index contributed by atoms with van der Waals surface area (Å²) in [5.41, 5.74) is 1.23. The Labute approximate surface area is 161 Å². The van der Waals surface area contributed by atoms with Crippen molar-refractivity contribution in [1.82, 2.24) is 9.80 Å². The SMILES string of the molecule is COc1cc(C(=O)N2CCN(Cc3cccc(F)c3)CC2)ccc1OC(F)F. The Morgan fingerprint density at radius 2 is 1.82 bits per heavy atom. The fourth-order valence-electron chi connectivity index (χ4n) is 3.18. The smallest absolute Gasteiger partial charge is 0.387 e. The summed E-state index contributed by atoms with van der Waals surface area (Å²) in [7, 11) is 1.33. The predicted molar refractivity (Wildman–Crippen MR) is 97.2 cm³/mol. The summed E-state index contributed by atoms with van der Waals surface area (Å²) >= 11 is 0. The minimum absolute atomic E-state index is 0.0795. The molecule has 5 nitrogen and oxygen atoms in total. The van der Waals surface area contributed by atoms with Gasteiger partial charge in [0.15, 0.2) is 11.5 Å². The molecule has 28 heavy (non-hydrogen) atoms. The maximum Gasteiger partial charge on any atom is 0.387 e. The zero-order valence-electron chi connectivity index (χ0n) is 15.4. The average molecular weight is 394 g/mol. The number of ether oxygens (including phenoxy) is 2. The van der Waals surface area contributed by atoms with Crippen LogP contribution in [0.25, 0.3) is 0 Å². The lowest BCUT2D eigenvalue weighted by molar-refractivity contribution is -0.0512. The lowest BCUT2D eigenvalue weighted by Crippen LogP contribution is -2.48. The first-order valence-corrected chi connectivity index (χ1v) is 8.85. The quantitative estimate of drug-likeness (QED) is 0.753. The third-order valence-corrected chi connectivity index (χ3v) is 4.58. The van der Waals surface area contributed by atoms with Crippen LogP contribution < -0.4 is 9.47 Å². The maximum atomic E-state index is 13.3. The summed E-state index contributed by atoms with van der Waals surface area (Å²) < 4.78 is 47.6. The van der Waals surface area contributed by atoms with Crippen LogP contribution in [0.4, 0.5) is 13.2 Å². The van der Waals surface area contributed by atoms with Crippen molar-refractivity contribution in [2.45, 2.75) is 13.2 Å². The van der Waals surface area contributed by atoms with E-state index in [2.05, 4.69) is 9.64 Å². The number of halogens is 3. The number of amides is 1. The van der Waals surface area contributed by atoms with E-state index in [-0.39, 0.29) is 23.2 Å². The molecule has 1 aliphatic rings. The molecule has 0 unspecified atom stereocenters. The molecule has 0 radical (unpaired) electrons.